The van der Waals surface area contributed by atoms with E-state index in [0.29, 0.717) is 5.69 Å². The summed E-state index contributed by atoms with van der Waals surface area (Å²) in [5.74, 6) is 0.0584. The van der Waals surface area contributed by atoms with E-state index in [2.05, 4.69) is 5.10 Å². The summed E-state index contributed by atoms with van der Waals surface area (Å²) in [7, 11) is 1.77. The summed E-state index contributed by atoms with van der Waals surface area (Å²) >= 11 is 0. The van der Waals surface area contributed by atoms with Gasteiger partial charge in [-0.3, -0.25) is 10.1 Å². The van der Waals surface area contributed by atoms with Gasteiger partial charge in [0, 0.05) is 7.05 Å². The Morgan fingerprint density at radius 1 is 1.80 bits per heavy atom. The zero-order valence-corrected chi connectivity index (χ0v) is 6.05. The quantitative estimate of drug-likeness (QED) is 0.424. The first-order valence-electron chi connectivity index (χ1n) is 2.96. The van der Waals surface area contributed by atoms with E-state index in [1.807, 2.05) is 6.92 Å². The molecule has 1 aromatic rings. The van der Waals surface area contributed by atoms with Gasteiger partial charge in [-0.1, -0.05) is 0 Å². The van der Waals surface area contributed by atoms with Crippen molar-refractivity contribution >= 4 is 5.84 Å². The number of nitrogens with one attached hydrogen (secondary N) is 1. The summed E-state index contributed by atoms with van der Waals surface area (Å²) in [6, 6.07) is 1.78. The molecular formula is C6H10N4. The van der Waals surface area contributed by atoms with Crippen LogP contribution in [0.1, 0.15) is 11.4 Å². The van der Waals surface area contributed by atoms with Crippen molar-refractivity contribution in [3.8, 4) is 0 Å². The van der Waals surface area contributed by atoms with E-state index in [1.165, 1.54) is 0 Å². The molecule has 1 heterocycles. The van der Waals surface area contributed by atoms with E-state index in [-0.39, 0.29) is 5.84 Å². The topological polar surface area (TPSA) is 67.7 Å². The van der Waals surface area contributed by atoms with Gasteiger partial charge in [0.05, 0.1) is 5.69 Å². The Hall–Kier alpha value is -1.32. The van der Waals surface area contributed by atoms with Crippen LogP contribution in [-0.2, 0) is 7.05 Å². The molecule has 0 unspecified atom stereocenters. The van der Waals surface area contributed by atoms with Crippen LogP contribution in [0.4, 0.5) is 0 Å². The van der Waals surface area contributed by atoms with Crippen molar-refractivity contribution in [1.29, 1.82) is 5.41 Å². The summed E-state index contributed by atoms with van der Waals surface area (Å²) in [5, 5.41) is 11.1. The minimum Gasteiger partial charge on any atom is -0.382 e. The maximum absolute atomic E-state index is 7.11. The van der Waals surface area contributed by atoms with Crippen molar-refractivity contribution in [1.82, 2.24) is 9.78 Å². The predicted octanol–water partition coefficient (Wildman–Crippen LogP) is 0.0126. The number of nitrogens with zero attached hydrogens (tertiary/aromatic N) is 2. The van der Waals surface area contributed by atoms with Crippen molar-refractivity contribution in [2.24, 2.45) is 12.8 Å². The third kappa shape index (κ3) is 1.00. The Labute approximate surface area is 59.2 Å². The highest BCUT2D eigenvalue weighted by molar-refractivity contribution is 5.93. The second-order valence-electron chi connectivity index (χ2n) is 2.21. The van der Waals surface area contributed by atoms with E-state index in [0.717, 1.165) is 5.69 Å². The van der Waals surface area contributed by atoms with Gasteiger partial charge in [-0.05, 0) is 13.0 Å². The molecule has 54 valence electrons. The fourth-order valence-electron chi connectivity index (χ4n) is 0.863. The van der Waals surface area contributed by atoms with Crippen LogP contribution in [-0.4, -0.2) is 15.6 Å². The van der Waals surface area contributed by atoms with Gasteiger partial charge < -0.3 is 5.73 Å². The van der Waals surface area contributed by atoms with Gasteiger partial charge in [0.1, 0.15) is 11.5 Å². The van der Waals surface area contributed by atoms with E-state index in [1.54, 1.807) is 17.8 Å². The highest BCUT2D eigenvalue weighted by atomic mass is 15.3. The number of hydrogen-bond donors (Lipinski definition) is 2. The van der Waals surface area contributed by atoms with Crippen molar-refractivity contribution in [3.63, 3.8) is 0 Å². The molecule has 0 atom stereocenters. The lowest BCUT2D eigenvalue weighted by molar-refractivity contribution is 0.748. The van der Waals surface area contributed by atoms with Crippen LogP contribution in [0.5, 0.6) is 0 Å². The molecule has 0 amide bonds. The average molecular weight is 138 g/mol. The molecule has 0 saturated carbocycles. The van der Waals surface area contributed by atoms with Crippen molar-refractivity contribution in [2.45, 2.75) is 6.92 Å². The van der Waals surface area contributed by atoms with Gasteiger partial charge in [-0.2, -0.15) is 5.10 Å². The number of amidine groups is 1. The van der Waals surface area contributed by atoms with Gasteiger partial charge in [-0.25, -0.2) is 0 Å². The van der Waals surface area contributed by atoms with Crippen LogP contribution < -0.4 is 5.73 Å². The van der Waals surface area contributed by atoms with Gasteiger partial charge in [0.15, 0.2) is 0 Å². The van der Waals surface area contributed by atoms with Crippen LogP contribution in [0.15, 0.2) is 6.07 Å². The lowest BCUT2D eigenvalue weighted by Gasteiger charge is -1.95. The monoisotopic (exact) mass is 138 g/mol. The molecule has 10 heavy (non-hydrogen) atoms. The molecule has 0 aliphatic carbocycles. The normalized spacial score (nSPS) is 9.80. The smallest absolute Gasteiger partial charge is 0.141 e. The van der Waals surface area contributed by atoms with Crippen molar-refractivity contribution in [3.05, 3.63) is 17.5 Å². The molecule has 0 aliphatic rings. The number of hydrogen-bond acceptors (Lipinski definition) is 2. The molecule has 0 saturated heterocycles. The third-order valence-corrected chi connectivity index (χ3v) is 1.28. The van der Waals surface area contributed by atoms with Crippen molar-refractivity contribution < 1.29 is 0 Å². The predicted molar refractivity (Wildman–Crippen MR) is 39.0 cm³/mol. The minimum atomic E-state index is 0.0584. The van der Waals surface area contributed by atoms with Crippen LogP contribution in [0, 0.1) is 12.3 Å². The summed E-state index contributed by atoms with van der Waals surface area (Å²) in [5.41, 5.74) is 6.80. The average Bonchev–Trinajstić information content (AvgIpc) is 2.10. The molecule has 0 aliphatic heterocycles. The Kier molecular flexibility index (Phi) is 1.45. The van der Waals surface area contributed by atoms with Gasteiger partial charge in [0.2, 0.25) is 0 Å². The van der Waals surface area contributed by atoms with E-state index < -0.39 is 0 Å². The molecule has 1 aromatic heterocycles. The number of nitrogens with two attached hydrogens (primary N) is 1. The molecule has 0 fully saturated rings. The highest BCUT2D eigenvalue weighted by Gasteiger charge is 2.02. The fourth-order valence-corrected chi connectivity index (χ4v) is 0.863. The Morgan fingerprint density at radius 3 is 2.60 bits per heavy atom. The van der Waals surface area contributed by atoms with E-state index >= 15 is 0 Å². The summed E-state index contributed by atoms with van der Waals surface area (Å²) in [6.07, 6.45) is 0. The highest BCUT2D eigenvalue weighted by Crippen LogP contribution is 1.98. The third-order valence-electron chi connectivity index (χ3n) is 1.28. The van der Waals surface area contributed by atoms with Crippen LogP contribution in [0.25, 0.3) is 0 Å². The lowest BCUT2D eigenvalue weighted by atomic mass is 10.3. The first-order valence-corrected chi connectivity index (χ1v) is 2.96. The van der Waals surface area contributed by atoms with E-state index in [4.69, 9.17) is 11.1 Å². The zero-order valence-electron chi connectivity index (χ0n) is 6.05. The number of aryl methyl sites for hydroxylation is 2. The standard InChI is InChI=1S/C6H10N4/c1-4-3-5(6(7)8)10(2)9-4/h3H,1-2H3,(H3,7,8). The first-order chi connectivity index (χ1) is 4.61. The zero-order chi connectivity index (χ0) is 7.72. The maximum atomic E-state index is 7.11. The van der Waals surface area contributed by atoms with Gasteiger partial charge >= 0.3 is 0 Å². The van der Waals surface area contributed by atoms with E-state index in [9.17, 15) is 0 Å². The second-order valence-corrected chi connectivity index (χ2v) is 2.21. The SMILES string of the molecule is Cc1cc(C(=N)N)n(C)n1. The molecule has 3 N–H and O–H groups in total. The van der Waals surface area contributed by atoms with Crippen LogP contribution in [0.3, 0.4) is 0 Å². The number of nitrogen functional groups attached to an aromatic ring is 1. The summed E-state index contributed by atoms with van der Waals surface area (Å²) in [4.78, 5) is 0. The Morgan fingerprint density at radius 2 is 2.40 bits per heavy atom. The van der Waals surface area contributed by atoms with Crippen LogP contribution >= 0.6 is 0 Å². The largest absolute Gasteiger partial charge is 0.382 e. The van der Waals surface area contributed by atoms with Gasteiger partial charge in [0.25, 0.3) is 0 Å². The lowest BCUT2D eigenvalue weighted by Crippen LogP contribution is -2.15. The molecule has 4 nitrogen and oxygen atoms in total. The molecule has 0 aromatic carbocycles. The molecule has 0 spiro atoms. The minimum absolute atomic E-state index is 0.0584. The maximum Gasteiger partial charge on any atom is 0.141 e. The number of aromatic nitrogens is 2. The molecule has 4 heteroatoms. The molecule has 1 rings (SSSR count). The Balaban J connectivity index is 3.15. The summed E-state index contributed by atoms with van der Waals surface area (Å²) in [6.45, 7) is 1.87. The molecular weight excluding hydrogens is 128 g/mol. The number of rotatable bonds is 1. The Bertz CT molecular complexity index is 261. The fraction of sp³-hybridized carbons (Fsp3) is 0.333. The molecule has 0 bridgehead atoms. The van der Waals surface area contributed by atoms with Crippen molar-refractivity contribution in [2.75, 3.05) is 0 Å². The summed E-state index contributed by atoms with van der Waals surface area (Å²) < 4.78 is 1.59. The first kappa shape index (κ1) is 6.80. The second kappa shape index (κ2) is 2.13. The van der Waals surface area contributed by atoms with Gasteiger partial charge in [-0.15, -0.1) is 0 Å². The van der Waals surface area contributed by atoms with Crippen LogP contribution in [0.2, 0.25) is 0 Å². The molecule has 0 radical (unpaired) electrons.